The Morgan fingerprint density at radius 3 is 2.04 bits per heavy atom. The highest BCUT2D eigenvalue weighted by Gasteiger charge is 2.22. The van der Waals surface area contributed by atoms with Crippen molar-refractivity contribution in [3.63, 3.8) is 0 Å². The molecule has 1 atom stereocenters. The molecule has 0 heterocycles. The minimum absolute atomic E-state index is 0.0392. The van der Waals surface area contributed by atoms with Crippen LogP contribution in [-0.2, 0) is 9.53 Å². The first kappa shape index (κ1) is 17.7. The number of nitrogen functional groups attached to an aromatic ring is 1. The van der Waals surface area contributed by atoms with E-state index in [0.717, 1.165) is 23.2 Å². The van der Waals surface area contributed by atoms with Crippen LogP contribution in [0.4, 0.5) is 5.69 Å². The second kappa shape index (κ2) is 8.29. The van der Waals surface area contributed by atoms with Crippen molar-refractivity contribution in [3.8, 4) is 11.1 Å². The largest absolute Gasteiger partial charge is 0.469 e. The first-order valence-electron chi connectivity index (χ1n) is 8.12. The molecule has 0 aliphatic carbocycles. The second-order valence-electron chi connectivity index (χ2n) is 5.84. The lowest BCUT2D eigenvalue weighted by Gasteiger charge is -2.13. The van der Waals surface area contributed by atoms with E-state index in [1.807, 2.05) is 43.3 Å². The molecule has 0 aromatic heterocycles. The van der Waals surface area contributed by atoms with E-state index >= 15 is 0 Å². The molecule has 2 aromatic carbocycles. The topological polar surface area (TPSA) is 69.4 Å². The Labute approximate surface area is 142 Å². The number of benzene rings is 2. The quantitative estimate of drug-likeness (QED) is 0.473. The molecule has 0 bridgehead atoms. The van der Waals surface area contributed by atoms with Crippen LogP contribution in [0.15, 0.2) is 48.5 Å². The van der Waals surface area contributed by atoms with Gasteiger partial charge in [0, 0.05) is 17.7 Å². The Morgan fingerprint density at radius 1 is 1.00 bits per heavy atom. The van der Waals surface area contributed by atoms with Crippen molar-refractivity contribution in [2.24, 2.45) is 5.92 Å². The van der Waals surface area contributed by atoms with E-state index in [2.05, 4.69) is 0 Å². The molecular weight excluding hydrogens is 302 g/mol. The van der Waals surface area contributed by atoms with Crippen LogP contribution in [-0.4, -0.2) is 18.9 Å². The molecule has 0 spiro atoms. The third-order valence-electron chi connectivity index (χ3n) is 4.05. The number of methoxy groups -OCH3 is 1. The van der Waals surface area contributed by atoms with Crippen LogP contribution in [0.2, 0.25) is 0 Å². The maximum absolute atomic E-state index is 12.4. The van der Waals surface area contributed by atoms with Crippen molar-refractivity contribution >= 4 is 17.4 Å². The van der Waals surface area contributed by atoms with Gasteiger partial charge in [-0.15, -0.1) is 0 Å². The summed E-state index contributed by atoms with van der Waals surface area (Å²) in [6.45, 7) is 1.99. The number of carbonyl (C=O) groups excluding carboxylic acids is 2. The zero-order chi connectivity index (χ0) is 17.5. The second-order valence-corrected chi connectivity index (χ2v) is 5.84. The molecular formula is C20H23NO3. The standard InChI is InChI=1S/C20H23NO3/c1-3-4-17(20(23)24-2)13-19(22)16-7-5-14(6-8-16)15-9-11-18(21)12-10-15/h5-12,17H,3-4,13,21H2,1-2H3. The molecule has 4 heteroatoms. The van der Waals surface area contributed by atoms with Crippen LogP contribution >= 0.6 is 0 Å². The van der Waals surface area contributed by atoms with Crippen LogP contribution in [0.3, 0.4) is 0 Å². The maximum atomic E-state index is 12.4. The van der Waals surface area contributed by atoms with Crippen molar-refractivity contribution < 1.29 is 14.3 Å². The molecule has 0 radical (unpaired) electrons. The minimum Gasteiger partial charge on any atom is -0.469 e. The van der Waals surface area contributed by atoms with Gasteiger partial charge in [-0.25, -0.2) is 0 Å². The third kappa shape index (κ3) is 4.44. The Balaban J connectivity index is 2.10. The average Bonchev–Trinajstić information content (AvgIpc) is 2.61. The highest BCUT2D eigenvalue weighted by molar-refractivity contribution is 5.98. The average molecular weight is 325 g/mol. The van der Waals surface area contributed by atoms with Crippen molar-refractivity contribution in [2.45, 2.75) is 26.2 Å². The Bertz CT molecular complexity index is 690. The van der Waals surface area contributed by atoms with Gasteiger partial charge in [-0.2, -0.15) is 0 Å². The summed E-state index contributed by atoms with van der Waals surface area (Å²) in [5.41, 5.74) is 9.08. The number of esters is 1. The van der Waals surface area contributed by atoms with Crippen molar-refractivity contribution in [2.75, 3.05) is 12.8 Å². The van der Waals surface area contributed by atoms with Crippen LogP contribution in [0, 0.1) is 5.92 Å². The lowest BCUT2D eigenvalue weighted by atomic mass is 9.93. The molecule has 24 heavy (non-hydrogen) atoms. The van der Waals surface area contributed by atoms with E-state index in [-0.39, 0.29) is 24.1 Å². The number of hydrogen-bond acceptors (Lipinski definition) is 4. The molecule has 2 aromatic rings. The number of nitrogens with two attached hydrogens (primary N) is 1. The molecule has 1 unspecified atom stereocenters. The van der Waals surface area contributed by atoms with Crippen molar-refractivity contribution in [1.29, 1.82) is 0 Å². The molecule has 126 valence electrons. The number of hydrogen-bond donors (Lipinski definition) is 1. The summed E-state index contributed by atoms with van der Waals surface area (Å²) in [5.74, 6) is -0.726. The molecule has 0 aliphatic rings. The van der Waals surface area contributed by atoms with Crippen LogP contribution in [0.1, 0.15) is 36.5 Å². The first-order valence-corrected chi connectivity index (χ1v) is 8.12. The number of rotatable bonds is 7. The number of anilines is 1. The van der Waals surface area contributed by atoms with Crippen LogP contribution in [0.5, 0.6) is 0 Å². The molecule has 0 saturated carbocycles. The van der Waals surface area contributed by atoms with Gasteiger partial charge in [0.25, 0.3) is 0 Å². The van der Waals surface area contributed by atoms with Gasteiger partial charge in [0.2, 0.25) is 0 Å². The Kier molecular flexibility index (Phi) is 6.13. The summed E-state index contributed by atoms with van der Waals surface area (Å²) in [6.07, 6.45) is 1.67. The smallest absolute Gasteiger partial charge is 0.309 e. The number of ether oxygens (including phenoxy) is 1. The lowest BCUT2D eigenvalue weighted by molar-refractivity contribution is -0.145. The number of carbonyl (C=O) groups is 2. The summed E-state index contributed by atoms with van der Waals surface area (Å²) < 4.78 is 4.79. The summed E-state index contributed by atoms with van der Waals surface area (Å²) in [4.78, 5) is 24.2. The molecule has 2 rings (SSSR count). The SMILES string of the molecule is CCCC(CC(=O)c1ccc(-c2ccc(N)cc2)cc1)C(=O)OC. The van der Waals surface area contributed by atoms with Gasteiger partial charge in [0.15, 0.2) is 5.78 Å². The summed E-state index contributed by atoms with van der Waals surface area (Å²) >= 11 is 0. The molecule has 0 amide bonds. The van der Waals surface area contributed by atoms with E-state index in [1.54, 1.807) is 12.1 Å². The number of Topliss-reactive ketones (excluding diaryl/α,β-unsaturated/α-hetero) is 1. The highest BCUT2D eigenvalue weighted by atomic mass is 16.5. The first-order chi connectivity index (χ1) is 11.5. The van der Waals surface area contributed by atoms with E-state index < -0.39 is 0 Å². The molecule has 2 N–H and O–H groups in total. The van der Waals surface area contributed by atoms with Gasteiger partial charge in [0.05, 0.1) is 13.0 Å². The molecule has 0 saturated heterocycles. The zero-order valence-corrected chi connectivity index (χ0v) is 14.1. The highest BCUT2D eigenvalue weighted by Crippen LogP contribution is 2.22. The van der Waals surface area contributed by atoms with E-state index in [4.69, 9.17) is 10.5 Å². The van der Waals surface area contributed by atoms with E-state index in [0.29, 0.717) is 12.0 Å². The molecule has 0 aliphatic heterocycles. The normalized spacial score (nSPS) is 11.8. The Hall–Kier alpha value is -2.62. The van der Waals surface area contributed by atoms with Crippen molar-refractivity contribution in [3.05, 3.63) is 54.1 Å². The van der Waals surface area contributed by atoms with E-state index in [1.165, 1.54) is 7.11 Å². The minimum atomic E-state index is -0.371. The summed E-state index contributed by atoms with van der Waals surface area (Å²) in [7, 11) is 1.36. The van der Waals surface area contributed by atoms with Gasteiger partial charge >= 0.3 is 5.97 Å². The summed E-state index contributed by atoms with van der Waals surface area (Å²) in [5, 5.41) is 0. The zero-order valence-electron chi connectivity index (χ0n) is 14.1. The predicted molar refractivity (Wildman–Crippen MR) is 95.7 cm³/mol. The van der Waals surface area contributed by atoms with E-state index in [9.17, 15) is 9.59 Å². The van der Waals surface area contributed by atoms with Gasteiger partial charge < -0.3 is 10.5 Å². The van der Waals surface area contributed by atoms with Crippen LogP contribution in [0.25, 0.3) is 11.1 Å². The predicted octanol–water partition coefficient (Wildman–Crippen LogP) is 4.10. The number of ketones is 1. The van der Waals surface area contributed by atoms with Gasteiger partial charge in [-0.3, -0.25) is 9.59 Å². The fourth-order valence-corrected chi connectivity index (χ4v) is 2.68. The monoisotopic (exact) mass is 325 g/mol. The fraction of sp³-hybridized carbons (Fsp3) is 0.300. The maximum Gasteiger partial charge on any atom is 0.309 e. The van der Waals surface area contributed by atoms with Gasteiger partial charge in [-0.1, -0.05) is 49.7 Å². The van der Waals surface area contributed by atoms with Gasteiger partial charge in [0.1, 0.15) is 0 Å². The summed E-state index contributed by atoms with van der Waals surface area (Å²) in [6, 6.07) is 15.0. The third-order valence-corrected chi connectivity index (χ3v) is 4.05. The molecule has 4 nitrogen and oxygen atoms in total. The fourth-order valence-electron chi connectivity index (χ4n) is 2.68. The molecule has 0 fully saturated rings. The van der Waals surface area contributed by atoms with Crippen LogP contribution < -0.4 is 5.73 Å². The Morgan fingerprint density at radius 2 is 1.54 bits per heavy atom. The van der Waals surface area contributed by atoms with Gasteiger partial charge in [-0.05, 0) is 29.7 Å². The lowest BCUT2D eigenvalue weighted by Crippen LogP contribution is -2.19. The van der Waals surface area contributed by atoms with Crippen molar-refractivity contribution in [1.82, 2.24) is 0 Å².